The normalized spacial score (nSPS) is 18.1. The third-order valence-electron chi connectivity index (χ3n) is 4.20. The first-order chi connectivity index (χ1) is 13.1. The number of aryl methyl sites for hydroxylation is 1. The highest BCUT2D eigenvalue weighted by Gasteiger charge is 2.35. The van der Waals surface area contributed by atoms with Crippen molar-refractivity contribution in [3.05, 3.63) is 29.6 Å². The number of nitrogens with zero attached hydrogens (tertiary/aromatic N) is 1. The standard InChI is InChI=1S/C18H26FN3O5S/c1-12(2)10-20-17(23)18(24)21-11-16-22(7-4-8-27-16)28(25,26)14-5-6-15(19)13(3)9-14/h5-6,9,12,16H,4,7-8,10-11H2,1-3H3,(H,20,23)(H,21,24)/t16-/m1/s1. The van der Waals surface area contributed by atoms with Crippen molar-refractivity contribution < 1.29 is 27.1 Å². The predicted molar refractivity (Wildman–Crippen MR) is 100 cm³/mol. The maximum Gasteiger partial charge on any atom is 0.309 e. The van der Waals surface area contributed by atoms with E-state index in [-0.39, 0.29) is 29.5 Å². The van der Waals surface area contributed by atoms with E-state index < -0.39 is 33.9 Å². The summed E-state index contributed by atoms with van der Waals surface area (Å²) < 4.78 is 46.0. The monoisotopic (exact) mass is 415 g/mol. The molecule has 0 aromatic heterocycles. The first-order valence-corrected chi connectivity index (χ1v) is 10.5. The van der Waals surface area contributed by atoms with E-state index in [0.717, 1.165) is 10.4 Å². The molecule has 0 bridgehead atoms. The topological polar surface area (TPSA) is 105 Å². The van der Waals surface area contributed by atoms with E-state index in [1.165, 1.54) is 19.1 Å². The van der Waals surface area contributed by atoms with Crippen molar-refractivity contribution in [2.45, 2.75) is 38.3 Å². The molecule has 2 N–H and O–H groups in total. The van der Waals surface area contributed by atoms with E-state index in [1.807, 2.05) is 13.8 Å². The number of rotatable bonds is 6. The molecular formula is C18H26FN3O5S. The Hall–Kier alpha value is -2.04. The van der Waals surface area contributed by atoms with Crippen LogP contribution in [0.5, 0.6) is 0 Å². The van der Waals surface area contributed by atoms with Gasteiger partial charge in [-0.2, -0.15) is 4.31 Å². The molecule has 1 aliphatic heterocycles. The van der Waals surface area contributed by atoms with E-state index in [0.29, 0.717) is 19.6 Å². The van der Waals surface area contributed by atoms with E-state index in [9.17, 15) is 22.4 Å². The minimum absolute atomic E-state index is 0.0529. The molecule has 1 aliphatic rings. The van der Waals surface area contributed by atoms with Crippen LogP contribution in [0.25, 0.3) is 0 Å². The minimum atomic E-state index is -3.95. The Morgan fingerprint density at radius 2 is 1.96 bits per heavy atom. The molecule has 8 nitrogen and oxygen atoms in total. The lowest BCUT2D eigenvalue weighted by Crippen LogP contribution is -2.53. The van der Waals surface area contributed by atoms with Crippen LogP contribution in [0.3, 0.4) is 0 Å². The minimum Gasteiger partial charge on any atom is -0.360 e. The van der Waals surface area contributed by atoms with Gasteiger partial charge in [0.05, 0.1) is 18.0 Å². The summed E-state index contributed by atoms with van der Waals surface area (Å²) in [7, 11) is -3.95. The molecule has 0 spiro atoms. The van der Waals surface area contributed by atoms with Gasteiger partial charge in [0.25, 0.3) is 0 Å². The van der Waals surface area contributed by atoms with Crippen LogP contribution >= 0.6 is 0 Å². The Morgan fingerprint density at radius 1 is 1.29 bits per heavy atom. The van der Waals surface area contributed by atoms with Crippen LogP contribution in [0.2, 0.25) is 0 Å². The summed E-state index contributed by atoms with van der Waals surface area (Å²) >= 11 is 0. The molecule has 1 aromatic carbocycles. The van der Waals surface area contributed by atoms with Gasteiger partial charge in [-0.15, -0.1) is 0 Å². The van der Waals surface area contributed by atoms with Crippen LogP contribution in [0.15, 0.2) is 23.1 Å². The molecule has 2 rings (SSSR count). The van der Waals surface area contributed by atoms with Crippen molar-refractivity contribution in [2.75, 3.05) is 26.2 Å². The molecule has 28 heavy (non-hydrogen) atoms. The third kappa shape index (κ3) is 5.49. The summed E-state index contributed by atoms with van der Waals surface area (Å²) in [5.74, 6) is -1.94. The molecule has 0 radical (unpaired) electrons. The first kappa shape index (κ1) is 22.3. The van der Waals surface area contributed by atoms with Gasteiger partial charge in [-0.05, 0) is 43.0 Å². The van der Waals surface area contributed by atoms with Crippen molar-refractivity contribution >= 4 is 21.8 Å². The van der Waals surface area contributed by atoms with Crippen LogP contribution in [0.4, 0.5) is 4.39 Å². The number of nitrogens with one attached hydrogen (secondary N) is 2. The molecule has 1 aromatic rings. The number of carbonyl (C=O) groups is 2. The maximum absolute atomic E-state index is 13.5. The zero-order valence-corrected chi connectivity index (χ0v) is 17.0. The molecule has 0 aliphatic carbocycles. The second kappa shape index (κ2) is 9.44. The van der Waals surface area contributed by atoms with E-state index in [1.54, 1.807) is 0 Å². The Bertz CT molecular complexity index is 829. The highest BCUT2D eigenvalue weighted by atomic mass is 32.2. The van der Waals surface area contributed by atoms with Crippen molar-refractivity contribution in [1.29, 1.82) is 0 Å². The van der Waals surface area contributed by atoms with Crippen LogP contribution in [0, 0.1) is 18.7 Å². The van der Waals surface area contributed by atoms with E-state index >= 15 is 0 Å². The number of ether oxygens (including phenoxy) is 1. The SMILES string of the molecule is Cc1cc(S(=O)(=O)N2CCCO[C@@H]2CNC(=O)C(=O)NCC(C)C)ccc1F. The highest BCUT2D eigenvalue weighted by Crippen LogP contribution is 2.23. The zero-order valence-electron chi connectivity index (χ0n) is 16.2. The molecule has 0 saturated carbocycles. The fourth-order valence-electron chi connectivity index (χ4n) is 2.65. The second-order valence-electron chi connectivity index (χ2n) is 7.02. The van der Waals surface area contributed by atoms with Crippen molar-refractivity contribution in [3.63, 3.8) is 0 Å². The summed E-state index contributed by atoms with van der Waals surface area (Å²) in [6, 6.07) is 3.55. The number of sulfonamides is 1. The molecular weight excluding hydrogens is 389 g/mol. The molecule has 156 valence electrons. The first-order valence-electron chi connectivity index (χ1n) is 9.08. The molecule has 1 heterocycles. The third-order valence-corrected chi connectivity index (χ3v) is 6.09. The van der Waals surface area contributed by atoms with Gasteiger partial charge >= 0.3 is 11.8 Å². The number of halogens is 1. The van der Waals surface area contributed by atoms with E-state index in [4.69, 9.17) is 4.74 Å². The van der Waals surface area contributed by atoms with Gasteiger partial charge < -0.3 is 15.4 Å². The lowest BCUT2D eigenvalue weighted by molar-refractivity contribution is -0.140. The van der Waals surface area contributed by atoms with Crippen LogP contribution < -0.4 is 10.6 Å². The Balaban J connectivity index is 2.08. The zero-order chi connectivity index (χ0) is 20.9. The predicted octanol–water partition coefficient (Wildman–Crippen LogP) is 0.760. The van der Waals surface area contributed by atoms with Gasteiger partial charge in [0.1, 0.15) is 12.0 Å². The lowest BCUT2D eigenvalue weighted by atomic mass is 10.2. The quantitative estimate of drug-likeness (QED) is 0.668. The van der Waals surface area contributed by atoms with Gasteiger partial charge in [-0.25, -0.2) is 12.8 Å². The number of hydrogen-bond acceptors (Lipinski definition) is 5. The highest BCUT2D eigenvalue weighted by molar-refractivity contribution is 7.89. The Labute approximate surface area is 164 Å². The fraction of sp³-hybridized carbons (Fsp3) is 0.556. The van der Waals surface area contributed by atoms with Crippen molar-refractivity contribution in [2.24, 2.45) is 5.92 Å². The number of amides is 2. The maximum atomic E-state index is 13.5. The van der Waals surface area contributed by atoms with Gasteiger partial charge in [-0.3, -0.25) is 9.59 Å². The summed E-state index contributed by atoms with van der Waals surface area (Å²) in [6.45, 7) is 5.98. The van der Waals surface area contributed by atoms with Gasteiger partial charge in [0, 0.05) is 13.1 Å². The van der Waals surface area contributed by atoms with Gasteiger partial charge in [-0.1, -0.05) is 13.8 Å². The van der Waals surface area contributed by atoms with Crippen molar-refractivity contribution in [3.8, 4) is 0 Å². The van der Waals surface area contributed by atoms with Crippen LogP contribution in [-0.2, 0) is 24.3 Å². The van der Waals surface area contributed by atoms with Crippen molar-refractivity contribution in [1.82, 2.24) is 14.9 Å². The molecule has 0 unspecified atom stereocenters. The Kier molecular flexibility index (Phi) is 7.50. The summed E-state index contributed by atoms with van der Waals surface area (Å²) in [4.78, 5) is 23.6. The molecule has 1 fully saturated rings. The van der Waals surface area contributed by atoms with Gasteiger partial charge in [0.2, 0.25) is 10.0 Å². The number of benzene rings is 1. The Morgan fingerprint density at radius 3 is 2.61 bits per heavy atom. The number of carbonyl (C=O) groups excluding carboxylic acids is 2. The summed E-state index contributed by atoms with van der Waals surface area (Å²) in [5.41, 5.74) is 0.214. The largest absolute Gasteiger partial charge is 0.360 e. The van der Waals surface area contributed by atoms with Crippen LogP contribution in [-0.4, -0.2) is 57.0 Å². The summed E-state index contributed by atoms with van der Waals surface area (Å²) in [5, 5.41) is 4.90. The van der Waals surface area contributed by atoms with E-state index in [2.05, 4.69) is 10.6 Å². The second-order valence-corrected chi connectivity index (χ2v) is 8.91. The molecule has 2 amide bonds. The van der Waals surface area contributed by atoms with Crippen LogP contribution in [0.1, 0.15) is 25.8 Å². The molecule has 1 atom stereocenters. The fourth-order valence-corrected chi connectivity index (χ4v) is 4.30. The summed E-state index contributed by atoms with van der Waals surface area (Å²) in [6.07, 6.45) is -0.468. The average molecular weight is 415 g/mol. The van der Waals surface area contributed by atoms with Gasteiger partial charge in [0.15, 0.2) is 0 Å². The lowest BCUT2D eigenvalue weighted by Gasteiger charge is -2.34. The number of hydrogen-bond donors (Lipinski definition) is 2. The molecule has 10 heteroatoms. The molecule has 1 saturated heterocycles. The average Bonchev–Trinajstić information content (AvgIpc) is 2.66. The smallest absolute Gasteiger partial charge is 0.309 e.